The summed E-state index contributed by atoms with van der Waals surface area (Å²) in [5.74, 6) is 0. The quantitative estimate of drug-likeness (QED) is 0.655. The van der Waals surface area contributed by atoms with Gasteiger partial charge in [-0.15, -0.1) is 0 Å². The SMILES string of the molecule is C=CC[n+]1ccc(COC(=O)Nc2ccc(Cl)c(Cl)c2)cc1. The number of pyridine rings is 1. The third-order valence-corrected chi connectivity index (χ3v) is 3.58. The molecule has 1 N–H and O–H groups in total. The maximum absolute atomic E-state index is 11.7. The van der Waals surface area contributed by atoms with E-state index in [2.05, 4.69) is 11.9 Å². The Labute approximate surface area is 138 Å². The van der Waals surface area contributed by atoms with Crippen molar-refractivity contribution in [2.75, 3.05) is 5.32 Å². The number of carbonyl (C=O) groups excluding carboxylic acids is 1. The number of amides is 1. The molecule has 0 aliphatic carbocycles. The molecule has 0 aliphatic heterocycles. The van der Waals surface area contributed by atoms with Gasteiger partial charge in [0.25, 0.3) is 0 Å². The highest BCUT2D eigenvalue weighted by Gasteiger charge is 2.06. The second-order valence-corrected chi connectivity index (χ2v) is 5.34. The van der Waals surface area contributed by atoms with E-state index in [-0.39, 0.29) is 6.61 Å². The van der Waals surface area contributed by atoms with E-state index in [9.17, 15) is 4.79 Å². The van der Waals surface area contributed by atoms with Crippen LogP contribution < -0.4 is 9.88 Å². The number of allylic oxidation sites excluding steroid dienone is 1. The maximum Gasteiger partial charge on any atom is 0.411 e. The van der Waals surface area contributed by atoms with Gasteiger partial charge in [0, 0.05) is 23.4 Å². The number of hydrogen-bond acceptors (Lipinski definition) is 2. The number of halogens is 2. The van der Waals surface area contributed by atoms with Gasteiger partial charge in [-0.2, -0.15) is 0 Å². The van der Waals surface area contributed by atoms with Gasteiger partial charge in [-0.25, -0.2) is 9.36 Å². The first-order valence-electron chi connectivity index (χ1n) is 6.56. The number of rotatable bonds is 5. The summed E-state index contributed by atoms with van der Waals surface area (Å²) >= 11 is 11.7. The van der Waals surface area contributed by atoms with Crippen LogP contribution in [0.1, 0.15) is 5.56 Å². The third kappa shape index (κ3) is 4.76. The van der Waals surface area contributed by atoms with Crippen LogP contribution in [0.4, 0.5) is 10.5 Å². The first-order valence-corrected chi connectivity index (χ1v) is 7.32. The molecule has 2 aromatic rings. The highest BCUT2D eigenvalue weighted by Crippen LogP contribution is 2.25. The standard InChI is InChI=1S/C16H14Cl2N2O2/c1-2-7-20-8-5-12(6-9-20)11-22-16(21)19-13-3-4-14(17)15(18)10-13/h2-6,8-10H,1,7,11H2/p+1. The number of carbonyl (C=O) groups is 1. The molecule has 0 fully saturated rings. The molecule has 1 aromatic heterocycles. The van der Waals surface area contributed by atoms with Gasteiger partial charge < -0.3 is 4.74 Å². The Bertz CT molecular complexity index is 672. The Hall–Kier alpha value is -2.04. The highest BCUT2D eigenvalue weighted by atomic mass is 35.5. The molecule has 6 heteroatoms. The number of nitrogens with one attached hydrogen (secondary N) is 1. The van der Waals surface area contributed by atoms with Crippen molar-refractivity contribution in [3.63, 3.8) is 0 Å². The molecule has 22 heavy (non-hydrogen) atoms. The van der Waals surface area contributed by atoms with Crippen molar-refractivity contribution >= 4 is 35.0 Å². The fourth-order valence-electron chi connectivity index (χ4n) is 1.73. The highest BCUT2D eigenvalue weighted by molar-refractivity contribution is 6.42. The van der Waals surface area contributed by atoms with Gasteiger partial charge in [0.05, 0.1) is 10.0 Å². The van der Waals surface area contributed by atoms with Crippen LogP contribution in [0, 0.1) is 0 Å². The van der Waals surface area contributed by atoms with Crippen molar-refractivity contribution in [2.24, 2.45) is 0 Å². The van der Waals surface area contributed by atoms with Crippen LogP contribution in [0.2, 0.25) is 10.0 Å². The van der Waals surface area contributed by atoms with Crippen LogP contribution in [0.15, 0.2) is 55.4 Å². The zero-order valence-electron chi connectivity index (χ0n) is 11.8. The predicted molar refractivity (Wildman–Crippen MR) is 87.1 cm³/mol. The molecular formula is C16H15Cl2N2O2+. The lowest BCUT2D eigenvalue weighted by molar-refractivity contribution is -0.687. The lowest BCUT2D eigenvalue weighted by Gasteiger charge is -2.07. The number of benzene rings is 1. The molecule has 0 radical (unpaired) electrons. The van der Waals surface area contributed by atoms with Crippen LogP contribution in [-0.2, 0) is 17.9 Å². The lowest BCUT2D eigenvalue weighted by Crippen LogP contribution is -2.31. The van der Waals surface area contributed by atoms with Crippen molar-refractivity contribution < 1.29 is 14.1 Å². The average molecular weight is 338 g/mol. The zero-order chi connectivity index (χ0) is 15.9. The molecule has 0 atom stereocenters. The van der Waals surface area contributed by atoms with Crippen molar-refractivity contribution in [3.05, 3.63) is 71.0 Å². The van der Waals surface area contributed by atoms with Crippen LogP contribution in [0.3, 0.4) is 0 Å². The van der Waals surface area contributed by atoms with Crippen LogP contribution >= 0.6 is 23.2 Å². The van der Waals surface area contributed by atoms with Gasteiger partial charge >= 0.3 is 6.09 Å². The molecule has 0 unspecified atom stereocenters. The van der Waals surface area contributed by atoms with Gasteiger partial charge in [0.15, 0.2) is 18.9 Å². The number of hydrogen-bond donors (Lipinski definition) is 1. The van der Waals surface area contributed by atoms with Crippen molar-refractivity contribution in [1.82, 2.24) is 0 Å². The van der Waals surface area contributed by atoms with Gasteiger partial charge in [0.1, 0.15) is 6.61 Å². The average Bonchev–Trinajstić information content (AvgIpc) is 2.51. The van der Waals surface area contributed by atoms with Crippen molar-refractivity contribution in [1.29, 1.82) is 0 Å². The van der Waals surface area contributed by atoms with Crippen molar-refractivity contribution in [2.45, 2.75) is 13.2 Å². The van der Waals surface area contributed by atoms with Crippen LogP contribution in [-0.4, -0.2) is 6.09 Å². The Morgan fingerprint density at radius 1 is 1.23 bits per heavy atom. The summed E-state index contributed by atoms with van der Waals surface area (Å²) in [4.78, 5) is 11.7. The molecule has 0 aliphatic rings. The van der Waals surface area contributed by atoms with Gasteiger partial charge in [-0.05, 0) is 24.3 Å². The van der Waals surface area contributed by atoms with Gasteiger partial charge in [-0.1, -0.05) is 29.8 Å². The largest absolute Gasteiger partial charge is 0.444 e. The molecule has 1 amide bonds. The zero-order valence-corrected chi connectivity index (χ0v) is 13.3. The minimum atomic E-state index is -0.554. The Kier molecular flexibility index (Phi) is 5.81. The topological polar surface area (TPSA) is 42.2 Å². The molecule has 0 saturated heterocycles. The maximum atomic E-state index is 11.7. The number of ether oxygens (including phenoxy) is 1. The van der Waals surface area contributed by atoms with E-state index < -0.39 is 6.09 Å². The molecule has 4 nitrogen and oxygen atoms in total. The van der Waals surface area contributed by atoms with Crippen LogP contribution in [0.25, 0.3) is 0 Å². The van der Waals surface area contributed by atoms with Gasteiger partial charge in [-0.3, -0.25) is 5.32 Å². The van der Waals surface area contributed by atoms with E-state index in [1.165, 1.54) is 0 Å². The molecule has 0 spiro atoms. The first kappa shape index (κ1) is 16.3. The van der Waals surface area contributed by atoms with E-state index in [0.717, 1.165) is 12.1 Å². The molecule has 0 bridgehead atoms. The Balaban J connectivity index is 1.86. The molecular weight excluding hydrogens is 323 g/mol. The van der Waals surface area contributed by atoms with E-state index in [1.807, 2.05) is 29.1 Å². The lowest BCUT2D eigenvalue weighted by atomic mass is 10.3. The normalized spacial score (nSPS) is 10.1. The Morgan fingerprint density at radius 2 is 1.95 bits per heavy atom. The Morgan fingerprint density at radius 3 is 2.59 bits per heavy atom. The third-order valence-electron chi connectivity index (χ3n) is 2.84. The minimum absolute atomic E-state index is 0.183. The smallest absolute Gasteiger partial charge is 0.411 e. The number of nitrogens with zero attached hydrogens (tertiary/aromatic N) is 1. The number of aromatic nitrogens is 1. The second kappa shape index (κ2) is 7.82. The van der Waals surface area contributed by atoms with E-state index in [1.54, 1.807) is 24.3 Å². The fourth-order valence-corrected chi connectivity index (χ4v) is 2.03. The van der Waals surface area contributed by atoms with Crippen LogP contribution in [0.5, 0.6) is 0 Å². The summed E-state index contributed by atoms with van der Waals surface area (Å²) in [7, 11) is 0. The predicted octanol–water partition coefficient (Wildman–Crippen LogP) is 4.22. The summed E-state index contributed by atoms with van der Waals surface area (Å²) in [6, 6.07) is 8.59. The summed E-state index contributed by atoms with van der Waals surface area (Å²) in [6.07, 6.45) is 5.05. The second-order valence-electron chi connectivity index (χ2n) is 4.52. The summed E-state index contributed by atoms with van der Waals surface area (Å²) in [5.41, 5.74) is 1.42. The summed E-state index contributed by atoms with van der Waals surface area (Å²) in [5, 5.41) is 3.39. The summed E-state index contributed by atoms with van der Waals surface area (Å²) < 4.78 is 7.11. The van der Waals surface area contributed by atoms with Crippen molar-refractivity contribution in [3.8, 4) is 0 Å². The molecule has 1 aromatic carbocycles. The van der Waals surface area contributed by atoms with E-state index in [0.29, 0.717) is 15.7 Å². The minimum Gasteiger partial charge on any atom is -0.444 e. The van der Waals surface area contributed by atoms with E-state index in [4.69, 9.17) is 27.9 Å². The molecule has 0 saturated carbocycles. The fraction of sp³-hybridized carbons (Fsp3) is 0.125. The molecule has 2 rings (SSSR count). The number of anilines is 1. The molecule has 1 heterocycles. The van der Waals surface area contributed by atoms with E-state index >= 15 is 0 Å². The van der Waals surface area contributed by atoms with Gasteiger partial charge in [0.2, 0.25) is 0 Å². The summed E-state index contributed by atoms with van der Waals surface area (Å²) in [6.45, 7) is 4.59. The molecule has 114 valence electrons. The monoisotopic (exact) mass is 337 g/mol. The first-order chi connectivity index (χ1) is 10.6.